The second-order valence-electron chi connectivity index (χ2n) is 3.10. The average molecular weight is 299 g/mol. The summed E-state index contributed by atoms with van der Waals surface area (Å²) in [6, 6.07) is 5.56. The summed E-state index contributed by atoms with van der Waals surface area (Å²) in [5.74, 6) is -0.228. The van der Waals surface area contributed by atoms with Crippen LogP contribution in [0.15, 0.2) is 22.7 Å². The summed E-state index contributed by atoms with van der Waals surface area (Å²) in [7, 11) is 0. The van der Waals surface area contributed by atoms with Crippen LogP contribution in [0.4, 0.5) is 5.13 Å². The fraction of sp³-hybridized carbons (Fsp3) is 0.111. The molecule has 0 saturated carbocycles. The summed E-state index contributed by atoms with van der Waals surface area (Å²) >= 11 is 4.36. The lowest BCUT2D eigenvalue weighted by molar-refractivity contribution is 0.102. The first-order valence-corrected chi connectivity index (χ1v) is 5.96. The smallest absolute Gasteiger partial charge is 0.258 e. The predicted molar refractivity (Wildman–Crippen MR) is 64.5 cm³/mol. The molecule has 0 fully saturated rings. The van der Waals surface area contributed by atoms with Crippen LogP contribution in [0.3, 0.4) is 0 Å². The maximum absolute atomic E-state index is 11.9. The highest BCUT2D eigenvalue weighted by Gasteiger charge is 2.11. The van der Waals surface area contributed by atoms with Gasteiger partial charge in [-0.1, -0.05) is 21.2 Å². The fourth-order valence-corrected chi connectivity index (χ4v) is 1.95. The molecule has 0 aliphatic carbocycles. The Hall–Kier alpha value is -1.34. The highest BCUT2D eigenvalue weighted by Crippen LogP contribution is 2.19. The number of nitrogens with zero attached hydrogens (tertiary/aromatic N) is 3. The van der Waals surface area contributed by atoms with Crippen molar-refractivity contribution >= 4 is 38.5 Å². The molecule has 1 heterocycles. The van der Waals surface area contributed by atoms with E-state index in [2.05, 4.69) is 36.0 Å². The van der Waals surface area contributed by atoms with Gasteiger partial charge in [0.05, 0.1) is 5.56 Å². The molecule has 0 spiro atoms. The lowest BCUT2D eigenvalue weighted by Crippen LogP contribution is -2.12. The normalized spacial score (nSPS) is 10.1. The Bertz CT molecular complexity index is 514. The van der Waals surface area contributed by atoms with E-state index in [0.717, 1.165) is 21.6 Å². The van der Waals surface area contributed by atoms with Gasteiger partial charge >= 0.3 is 0 Å². The largest absolute Gasteiger partial charge is 0.295 e. The molecular formula is C9H7BrN4OS. The molecule has 82 valence electrons. The molecule has 1 N–H and O–H groups in total. The number of benzene rings is 1. The first-order chi connectivity index (χ1) is 7.66. The molecule has 0 unspecified atom stereocenters. The van der Waals surface area contributed by atoms with E-state index in [1.807, 2.05) is 19.1 Å². The minimum absolute atomic E-state index is 0.228. The van der Waals surface area contributed by atoms with Crippen LogP contribution in [-0.2, 0) is 0 Å². The number of carbonyl (C=O) groups excluding carboxylic acids is 1. The molecule has 7 heteroatoms. The van der Waals surface area contributed by atoms with Crippen molar-refractivity contribution in [3.05, 3.63) is 33.8 Å². The highest BCUT2D eigenvalue weighted by molar-refractivity contribution is 9.10. The van der Waals surface area contributed by atoms with Crippen LogP contribution in [0.25, 0.3) is 0 Å². The summed E-state index contributed by atoms with van der Waals surface area (Å²) in [5.41, 5.74) is 1.58. The molecule has 0 aliphatic heterocycles. The second kappa shape index (κ2) is 4.67. The van der Waals surface area contributed by atoms with Crippen molar-refractivity contribution in [2.45, 2.75) is 6.92 Å². The third-order valence-corrected chi connectivity index (χ3v) is 3.09. The zero-order chi connectivity index (χ0) is 11.5. The van der Waals surface area contributed by atoms with Gasteiger partial charge in [-0.3, -0.25) is 10.1 Å². The molecule has 0 radical (unpaired) electrons. The van der Waals surface area contributed by atoms with E-state index in [0.29, 0.717) is 10.7 Å². The summed E-state index contributed by atoms with van der Waals surface area (Å²) in [4.78, 5) is 11.9. The molecule has 16 heavy (non-hydrogen) atoms. The van der Waals surface area contributed by atoms with Gasteiger partial charge in [0.15, 0.2) is 0 Å². The predicted octanol–water partition coefficient (Wildman–Crippen LogP) is 2.26. The number of aromatic nitrogens is 3. The molecule has 1 amide bonds. The Kier molecular flexibility index (Phi) is 3.25. The average Bonchev–Trinajstić information content (AvgIpc) is 2.74. The third-order valence-electron chi connectivity index (χ3n) is 1.89. The van der Waals surface area contributed by atoms with Crippen molar-refractivity contribution < 1.29 is 4.79 Å². The van der Waals surface area contributed by atoms with Gasteiger partial charge in [0.25, 0.3) is 5.91 Å². The minimum Gasteiger partial charge on any atom is -0.295 e. The lowest BCUT2D eigenvalue weighted by Gasteiger charge is -2.04. The van der Waals surface area contributed by atoms with Gasteiger partial charge in [0.1, 0.15) is 0 Å². The number of amides is 1. The Morgan fingerprint density at radius 1 is 1.50 bits per heavy atom. The van der Waals surface area contributed by atoms with Gasteiger partial charge in [-0.25, -0.2) is 0 Å². The van der Waals surface area contributed by atoms with E-state index >= 15 is 0 Å². The monoisotopic (exact) mass is 298 g/mol. The van der Waals surface area contributed by atoms with Crippen LogP contribution in [0.5, 0.6) is 0 Å². The van der Waals surface area contributed by atoms with E-state index in [1.165, 1.54) is 0 Å². The van der Waals surface area contributed by atoms with Gasteiger partial charge < -0.3 is 0 Å². The van der Waals surface area contributed by atoms with Crippen LogP contribution >= 0.6 is 27.5 Å². The first-order valence-electron chi connectivity index (χ1n) is 4.39. The first kappa shape index (κ1) is 11.2. The quantitative estimate of drug-likeness (QED) is 0.923. The van der Waals surface area contributed by atoms with Crippen LogP contribution in [0.1, 0.15) is 15.9 Å². The van der Waals surface area contributed by atoms with Gasteiger partial charge in [-0.15, -0.1) is 0 Å². The van der Waals surface area contributed by atoms with Crippen molar-refractivity contribution in [2.24, 2.45) is 0 Å². The Morgan fingerprint density at radius 3 is 3.00 bits per heavy atom. The van der Waals surface area contributed by atoms with Crippen LogP contribution < -0.4 is 5.32 Å². The van der Waals surface area contributed by atoms with E-state index < -0.39 is 0 Å². The number of hydrogen-bond acceptors (Lipinski definition) is 5. The van der Waals surface area contributed by atoms with Crippen LogP contribution in [-0.4, -0.2) is 20.7 Å². The SMILES string of the molecule is Cc1ccc(Br)c(C(=O)Nc2nnns2)c1. The van der Waals surface area contributed by atoms with Crippen molar-refractivity contribution in [3.63, 3.8) is 0 Å². The van der Waals surface area contributed by atoms with Gasteiger partial charge in [0.2, 0.25) is 5.13 Å². The Balaban J connectivity index is 2.24. The van der Waals surface area contributed by atoms with Crippen molar-refractivity contribution in [2.75, 3.05) is 5.32 Å². The highest BCUT2D eigenvalue weighted by atomic mass is 79.9. The number of rotatable bonds is 2. The molecule has 2 aromatic rings. The molecule has 5 nitrogen and oxygen atoms in total. The van der Waals surface area contributed by atoms with Gasteiger partial charge in [-0.05, 0) is 40.2 Å². The number of anilines is 1. The number of carbonyl (C=O) groups is 1. The minimum atomic E-state index is -0.228. The van der Waals surface area contributed by atoms with E-state index in [9.17, 15) is 4.79 Å². The Morgan fingerprint density at radius 2 is 2.31 bits per heavy atom. The van der Waals surface area contributed by atoms with Crippen molar-refractivity contribution in [3.8, 4) is 0 Å². The number of aryl methyl sites for hydroxylation is 1. The molecule has 1 aromatic heterocycles. The number of halogens is 1. The van der Waals surface area contributed by atoms with E-state index in [4.69, 9.17) is 0 Å². The van der Waals surface area contributed by atoms with Crippen molar-refractivity contribution in [1.82, 2.24) is 14.8 Å². The molecule has 0 aliphatic rings. The molecule has 2 rings (SSSR count). The maximum atomic E-state index is 11.9. The summed E-state index contributed by atoms with van der Waals surface area (Å²) in [6.45, 7) is 1.93. The second-order valence-corrected chi connectivity index (χ2v) is 4.69. The van der Waals surface area contributed by atoms with Crippen LogP contribution in [0, 0.1) is 6.92 Å². The van der Waals surface area contributed by atoms with Crippen LogP contribution in [0.2, 0.25) is 0 Å². The number of nitrogens with one attached hydrogen (secondary N) is 1. The maximum Gasteiger partial charge on any atom is 0.258 e. The van der Waals surface area contributed by atoms with E-state index in [-0.39, 0.29) is 5.91 Å². The van der Waals surface area contributed by atoms with Gasteiger partial charge in [-0.2, -0.15) is 0 Å². The molecular weight excluding hydrogens is 292 g/mol. The zero-order valence-electron chi connectivity index (χ0n) is 8.27. The summed E-state index contributed by atoms with van der Waals surface area (Å²) in [5, 5.41) is 10.1. The molecule has 1 aromatic carbocycles. The molecule has 0 bridgehead atoms. The Labute approximate surface area is 104 Å². The third kappa shape index (κ3) is 2.42. The number of hydrogen-bond donors (Lipinski definition) is 1. The standard InChI is InChI=1S/C9H7BrN4OS/c1-5-2-3-7(10)6(4-5)8(15)11-9-12-13-14-16-9/h2-4H,1H3,(H,11,12,14,15). The molecule has 0 atom stereocenters. The summed E-state index contributed by atoms with van der Waals surface area (Å²) in [6.07, 6.45) is 0. The van der Waals surface area contributed by atoms with E-state index in [1.54, 1.807) is 6.07 Å². The van der Waals surface area contributed by atoms with Gasteiger partial charge in [0, 0.05) is 16.0 Å². The lowest BCUT2D eigenvalue weighted by atomic mass is 10.1. The topological polar surface area (TPSA) is 67.8 Å². The fourth-order valence-electron chi connectivity index (χ4n) is 1.16. The van der Waals surface area contributed by atoms with Crippen molar-refractivity contribution in [1.29, 1.82) is 0 Å². The zero-order valence-corrected chi connectivity index (χ0v) is 10.7. The molecule has 0 saturated heterocycles. The summed E-state index contributed by atoms with van der Waals surface area (Å²) < 4.78 is 4.31.